The Morgan fingerprint density at radius 1 is 0.512 bits per heavy atom. The first kappa shape index (κ1) is 46.7. The third kappa shape index (κ3) is 22.5. The normalized spacial score (nSPS) is 12.5. The van der Waals surface area contributed by atoms with E-state index in [2.05, 4.69) is 81.4 Å². The van der Waals surface area contributed by atoms with E-state index in [4.69, 9.17) is 11.5 Å². The minimum absolute atomic E-state index is 0. The van der Waals surface area contributed by atoms with E-state index in [9.17, 15) is 10.2 Å². The molecule has 256 valence electrons. The summed E-state index contributed by atoms with van der Waals surface area (Å²) in [7, 11) is 0. The van der Waals surface area contributed by atoms with Gasteiger partial charge in [-0.25, -0.2) is 0 Å². The van der Waals surface area contributed by atoms with Crippen LogP contribution in [-0.4, -0.2) is 21.3 Å². The van der Waals surface area contributed by atoms with Gasteiger partial charge in [0, 0.05) is 33.0 Å². The minimum Gasteiger partial charge on any atom is -0.673 e. The third-order valence-corrected chi connectivity index (χ3v) is 6.74. The van der Waals surface area contributed by atoms with E-state index in [1.165, 1.54) is 22.9 Å². The van der Waals surface area contributed by atoms with Crippen LogP contribution in [0.3, 0.4) is 0 Å². The van der Waals surface area contributed by atoms with Crippen LogP contribution in [0.25, 0.3) is 11.5 Å². The van der Waals surface area contributed by atoms with Crippen molar-refractivity contribution in [3.05, 3.63) is 59.0 Å². The molecule has 0 saturated heterocycles. The van der Waals surface area contributed by atoms with Crippen LogP contribution < -0.4 is 0 Å². The summed E-state index contributed by atoms with van der Waals surface area (Å²) in [4.78, 5) is 1.56. The molecule has 0 saturated carbocycles. The van der Waals surface area contributed by atoms with Crippen molar-refractivity contribution in [3.63, 3.8) is 0 Å². The van der Waals surface area contributed by atoms with Crippen molar-refractivity contribution in [3.8, 4) is 11.5 Å². The monoisotopic (exact) mass is 702 g/mol. The van der Waals surface area contributed by atoms with Gasteiger partial charge in [0.2, 0.25) is 0 Å². The molecule has 2 aromatic carbocycles. The van der Waals surface area contributed by atoms with Crippen LogP contribution in [0.2, 0.25) is 0 Å². The van der Waals surface area contributed by atoms with Gasteiger partial charge in [0.25, 0.3) is 0 Å². The zero-order chi connectivity index (χ0) is 32.8. The van der Waals surface area contributed by atoms with Crippen LogP contribution in [-0.2, 0) is 43.8 Å². The number of aromatic hydroxyl groups is 2. The topological polar surface area (TPSA) is 88.1 Å². The Balaban J connectivity index is -0.00000115. The Labute approximate surface area is 290 Å². The van der Waals surface area contributed by atoms with E-state index in [-0.39, 0.29) is 77.2 Å². The largest absolute Gasteiger partial charge is 0.673 e. The number of rotatable bonds is 6. The van der Waals surface area contributed by atoms with E-state index in [0.717, 1.165) is 22.6 Å². The molecule has 0 fully saturated rings. The van der Waals surface area contributed by atoms with Gasteiger partial charge in [0.05, 0.1) is 9.79 Å². The van der Waals surface area contributed by atoms with Crippen LogP contribution in [0, 0.1) is 10.8 Å². The second kappa shape index (κ2) is 17.3. The second-order valence-corrected chi connectivity index (χ2v) is 18.3. The minimum atomic E-state index is -0.250. The number of hydrogen-bond donors (Lipinski definition) is 2. The Bertz CT molecular complexity index is 1000. The van der Waals surface area contributed by atoms with Crippen LogP contribution >= 0.6 is 11.8 Å². The molecule has 2 rings (SSSR count). The van der Waals surface area contributed by atoms with Crippen LogP contribution in [0.4, 0.5) is 0 Å². The number of benzene rings is 2. The molecule has 0 radical (unpaired) electrons. The van der Waals surface area contributed by atoms with Gasteiger partial charge in [-0.15, -0.1) is 11.1 Å². The second-order valence-electron chi connectivity index (χ2n) is 17.2. The fourth-order valence-corrected chi connectivity index (χ4v) is 5.96. The molecule has 0 amide bonds. The molecule has 0 spiro atoms. The fourth-order valence-electron chi connectivity index (χ4n) is 5.01. The number of phenols is 2. The average molecular weight is 704 g/mol. The van der Waals surface area contributed by atoms with Gasteiger partial charge in [-0.1, -0.05) is 135 Å². The summed E-state index contributed by atoms with van der Waals surface area (Å²) in [6.07, 6.45) is 2.08. The van der Waals surface area contributed by atoms with Crippen LogP contribution in [0.5, 0.6) is 11.5 Å². The number of hydrogen-bond acceptors (Lipinski definition) is 3. The van der Waals surface area contributed by atoms with Crippen molar-refractivity contribution in [2.45, 2.75) is 155 Å². The van der Waals surface area contributed by atoms with Crippen LogP contribution in [0.15, 0.2) is 46.2 Å². The zero-order valence-corrected chi connectivity index (χ0v) is 32.6. The van der Waals surface area contributed by atoms with Gasteiger partial charge in [-0.2, -0.15) is 0 Å². The fraction of sp³-hybridized carbons (Fsp3) is 0.667. The summed E-state index contributed by atoms with van der Waals surface area (Å²) in [5.74, 6) is 0.498. The summed E-state index contributed by atoms with van der Waals surface area (Å²) in [6, 6.07) is 11.8. The van der Waals surface area contributed by atoms with E-state index >= 15 is 0 Å². The van der Waals surface area contributed by atoms with Gasteiger partial charge in [0.15, 0.2) is 0 Å². The van der Waals surface area contributed by atoms with E-state index in [0.29, 0.717) is 0 Å². The Morgan fingerprint density at radius 3 is 0.953 bits per heavy atom. The van der Waals surface area contributed by atoms with Crippen molar-refractivity contribution >= 4 is 11.8 Å². The molecule has 4 N–H and O–H groups in total. The number of phenolic OH excluding ortho intramolecular Hbond substituents is 2. The molecule has 0 aliphatic carbocycles. The molecule has 0 atom stereocenters. The maximum Gasteiger partial charge on any atom is 0.129 e. The maximum atomic E-state index is 10.6. The molecular formula is C36H62N2Ni2O2S-2. The molecule has 4 nitrogen and oxygen atoms in total. The molecule has 0 aliphatic heterocycles. The molecule has 43 heavy (non-hydrogen) atoms. The quantitative estimate of drug-likeness (QED) is 0.294. The molecule has 0 heterocycles. The Morgan fingerprint density at radius 2 is 0.744 bits per heavy atom. The molecule has 0 unspecified atom stereocenters. The van der Waals surface area contributed by atoms with Gasteiger partial charge in [-0.3, -0.25) is 0 Å². The van der Waals surface area contributed by atoms with Gasteiger partial charge >= 0.3 is 0 Å². The van der Waals surface area contributed by atoms with Crippen LogP contribution in [0.1, 0.15) is 135 Å². The van der Waals surface area contributed by atoms with Crippen molar-refractivity contribution < 1.29 is 43.2 Å². The SMILES string of the molecule is CC(C)(C)CC(C)(C)c1ccc(O)c(Sc2cc(C(C)(C)CC(C)(C)C)ccc2O)c1.CC(C)(C)[NH-].CC(C)(C)[NH-].[Ni].[Ni]. The predicted molar refractivity (Wildman–Crippen MR) is 183 cm³/mol. The summed E-state index contributed by atoms with van der Waals surface area (Å²) < 4.78 is 0. The van der Waals surface area contributed by atoms with Crippen molar-refractivity contribution in [2.24, 2.45) is 10.8 Å². The first-order valence-electron chi connectivity index (χ1n) is 14.7. The van der Waals surface area contributed by atoms with Gasteiger partial charge in [0.1, 0.15) is 11.5 Å². The molecule has 0 aromatic heterocycles. The summed E-state index contributed by atoms with van der Waals surface area (Å²) in [5.41, 5.74) is 16.2. The van der Waals surface area contributed by atoms with Gasteiger partial charge in [-0.05, 0) is 69.9 Å². The third-order valence-electron chi connectivity index (χ3n) is 5.65. The maximum absolute atomic E-state index is 10.6. The molecule has 7 heteroatoms. The first-order valence-corrected chi connectivity index (χ1v) is 15.6. The average Bonchev–Trinajstić information content (AvgIpc) is 2.64. The Hall–Kier alpha value is -0.703. The van der Waals surface area contributed by atoms with E-state index < -0.39 is 0 Å². The van der Waals surface area contributed by atoms with Gasteiger partial charge < -0.3 is 21.7 Å². The predicted octanol–water partition coefficient (Wildman–Crippen LogP) is 12.3. The van der Waals surface area contributed by atoms with Crippen molar-refractivity contribution in [1.82, 2.24) is 0 Å². The number of nitrogens with one attached hydrogen (secondary N) is 2. The van der Waals surface area contributed by atoms with Crippen molar-refractivity contribution in [1.29, 1.82) is 0 Å². The van der Waals surface area contributed by atoms with Crippen molar-refractivity contribution in [2.75, 3.05) is 0 Å². The standard InChI is InChI=1S/C28H42O2S.2C4H10N.2Ni/c1-25(2,3)17-27(7,8)19-11-13-21(29)23(15-19)31-24-16-20(12-14-22(24)30)28(9,10)18-26(4,5)6;2*1-4(2,3)5;;/h11-16,29-30H,17-18H2,1-10H3;2*5H,1-3H3;;/q;2*-1;;. The molecule has 0 bridgehead atoms. The molecule has 2 aromatic rings. The van der Waals surface area contributed by atoms with E-state index in [1.54, 1.807) is 12.1 Å². The van der Waals surface area contributed by atoms with E-state index in [1.807, 2.05) is 53.7 Å². The summed E-state index contributed by atoms with van der Waals surface area (Å²) in [6.45, 7) is 33.7. The smallest absolute Gasteiger partial charge is 0.129 e. The first-order chi connectivity index (χ1) is 17.9. The molecular weight excluding hydrogens is 642 g/mol. The summed E-state index contributed by atoms with van der Waals surface area (Å²) in [5, 5.41) is 21.1. The summed E-state index contributed by atoms with van der Waals surface area (Å²) >= 11 is 1.44. The Kier molecular flexibility index (Phi) is 18.8. The zero-order valence-electron chi connectivity index (χ0n) is 29.8. The molecule has 0 aliphatic rings.